The van der Waals surface area contributed by atoms with Crippen molar-refractivity contribution in [1.82, 2.24) is 0 Å². The molecule has 8 heteroatoms. The van der Waals surface area contributed by atoms with E-state index in [0.717, 1.165) is 5.57 Å². The zero-order valence-electron chi connectivity index (χ0n) is 23.2. The number of allylic oxidation sites excluding steroid dienone is 1. The highest BCUT2D eigenvalue weighted by atomic mass is 16.6. The molecular weight excluding hydrogens is 488 g/mol. The van der Waals surface area contributed by atoms with Crippen molar-refractivity contribution in [2.24, 2.45) is 34.5 Å². The highest BCUT2D eigenvalue weighted by Crippen LogP contribution is 2.74. The molecule has 1 saturated heterocycles. The van der Waals surface area contributed by atoms with E-state index >= 15 is 0 Å². The lowest BCUT2D eigenvalue weighted by molar-refractivity contribution is -0.216. The van der Waals surface area contributed by atoms with Gasteiger partial charge in [0, 0.05) is 30.3 Å². The first kappa shape index (κ1) is 26.2. The van der Waals surface area contributed by atoms with Crippen LogP contribution in [0.15, 0.2) is 23.3 Å². The lowest BCUT2D eigenvalue weighted by atomic mass is 9.44. The number of hydrogen-bond donors (Lipinski definition) is 2. The van der Waals surface area contributed by atoms with Gasteiger partial charge in [0.1, 0.15) is 29.5 Å². The Bertz CT molecular complexity index is 1170. The van der Waals surface area contributed by atoms with Crippen molar-refractivity contribution in [3.63, 3.8) is 0 Å². The number of cyclic esters (lactones) is 1. The van der Waals surface area contributed by atoms with Gasteiger partial charge in [0.05, 0.1) is 11.5 Å². The van der Waals surface area contributed by atoms with Gasteiger partial charge >= 0.3 is 11.9 Å². The maximum absolute atomic E-state index is 13.4. The predicted molar refractivity (Wildman–Crippen MR) is 135 cm³/mol. The number of ketones is 1. The topological polar surface area (TPSA) is 123 Å². The van der Waals surface area contributed by atoms with Crippen molar-refractivity contribution in [3.8, 4) is 0 Å². The summed E-state index contributed by atoms with van der Waals surface area (Å²) in [7, 11) is 0. The van der Waals surface area contributed by atoms with E-state index in [-0.39, 0.29) is 35.6 Å². The summed E-state index contributed by atoms with van der Waals surface area (Å²) in [4.78, 5) is 38.3. The normalized spacial score (nSPS) is 51.8. The molecule has 6 aliphatic rings. The third kappa shape index (κ3) is 2.95. The molecule has 0 aromatic heterocycles. The molecule has 3 saturated carbocycles. The minimum Gasteiger partial charge on any atom is -0.459 e. The number of esters is 2. The van der Waals surface area contributed by atoms with E-state index in [9.17, 15) is 24.6 Å². The second kappa shape index (κ2) is 8.01. The van der Waals surface area contributed by atoms with Gasteiger partial charge < -0.3 is 24.4 Å². The van der Waals surface area contributed by atoms with Crippen molar-refractivity contribution in [1.29, 1.82) is 0 Å². The molecule has 0 aromatic rings. The fourth-order valence-electron chi connectivity index (χ4n) is 9.83. The van der Waals surface area contributed by atoms with Crippen LogP contribution in [0.1, 0.15) is 73.6 Å². The fraction of sp³-hybridized carbons (Fsp3) is 0.767. The van der Waals surface area contributed by atoms with Crippen LogP contribution in [0.4, 0.5) is 0 Å². The summed E-state index contributed by atoms with van der Waals surface area (Å²) in [6.07, 6.45) is 3.71. The molecule has 12 atom stereocenters. The van der Waals surface area contributed by atoms with Crippen molar-refractivity contribution >= 4 is 17.7 Å². The van der Waals surface area contributed by atoms with Crippen LogP contribution in [-0.4, -0.2) is 63.6 Å². The standard InChI is InChI=1S/C30H40O8/c1-14-11-21(37-26(34)15(14)2)16(3)29(35)24(36-17(4)31)13-20-18-12-25-30(38-25)23(33)8-7-22(32)28(30,6)19(18)9-10-27(20,29)5/h7-8,16,18-21,23-25,33,35H,9-13H2,1-6H3/t16-,18-,19+,20+,21-,23+,24-,25-,27+,28+,29-,30-/m1/s1. The van der Waals surface area contributed by atoms with Crippen LogP contribution >= 0.6 is 0 Å². The summed E-state index contributed by atoms with van der Waals surface area (Å²) in [5, 5.41) is 23.6. The molecule has 0 aromatic carbocycles. The molecule has 4 fully saturated rings. The highest BCUT2D eigenvalue weighted by molar-refractivity contribution is 5.98. The van der Waals surface area contributed by atoms with E-state index in [1.165, 1.54) is 13.0 Å². The molecule has 0 bridgehead atoms. The molecule has 8 nitrogen and oxygen atoms in total. The predicted octanol–water partition coefficient (Wildman–Crippen LogP) is 3.04. The monoisotopic (exact) mass is 528 g/mol. The zero-order valence-corrected chi connectivity index (χ0v) is 23.2. The van der Waals surface area contributed by atoms with E-state index in [0.29, 0.717) is 37.7 Å². The first-order valence-corrected chi connectivity index (χ1v) is 14.1. The number of epoxide rings is 1. The Morgan fingerprint density at radius 1 is 1.18 bits per heavy atom. The fourth-order valence-corrected chi connectivity index (χ4v) is 9.83. The van der Waals surface area contributed by atoms with Crippen LogP contribution < -0.4 is 0 Å². The van der Waals surface area contributed by atoms with Crippen molar-refractivity contribution in [2.75, 3.05) is 0 Å². The molecule has 0 amide bonds. The first-order valence-electron chi connectivity index (χ1n) is 14.1. The van der Waals surface area contributed by atoms with Gasteiger partial charge in [0.15, 0.2) is 5.78 Å². The third-order valence-electron chi connectivity index (χ3n) is 12.2. The molecule has 2 aliphatic heterocycles. The second-order valence-corrected chi connectivity index (χ2v) is 13.3. The summed E-state index contributed by atoms with van der Waals surface area (Å²) in [6, 6.07) is 0. The summed E-state index contributed by atoms with van der Waals surface area (Å²) in [5.74, 6) is -1.32. The molecule has 2 N–H and O–H groups in total. The average Bonchev–Trinajstić information content (AvgIpc) is 3.55. The number of rotatable bonds is 3. The van der Waals surface area contributed by atoms with Crippen molar-refractivity contribution in [3.05, 3.63) is 23.3 Å². The number of carbonyl (C=O) groups excluding carboxylic acids is 3. The number of hydrogen-bond acceptors (Lipinski definition) is 8. The SMILES string of the molecule is CC(=O)O[C@@H]1C[C@H]2[C@@H]3C[C@H]4O[C@]45[C@@H](O)C=CC(=O)[C@]5(C)[C@H]3CC[C@]2(C)[C@@]1(O)[C@H](C)[C@H]1CC(C)=C(C)C(=O)O1. The molecular formula is C30H40O8. The Hall–Kier alpha value is -2.03. The van der Waals surface area contributed by atoms with E-state index < -0.39 is 52.2 Å². The van der Waals surface area contributed by atoms with Gasteiger partial charge in [-0.1, -0.05) is 19.4 Å². The first-order chi connectivity index (χ1) is 17.7. The molecule has 4 aliphatic carbocycles. The lowest BCUT2D eigenvalue weighted by Crippen LogP contribution is -2.66. The number of carbonyl (C=O) groups is 3. The number of ether oxygens (including phenoxy) is 3. The Labute approximate surface area is 223 Å². The molecule has 0 unspecified atom stereocenters. The van der Waals surface area contributed by atoms with Crippen LogP contribution in [0, 0.1) is 34.5 Å². The molecule has 208 valence electrons. The smallest absolute Gasteiger partial charge is 0.333 e. The van der Waals surface area contributed by atoms with Crippen molar-refractivity contribution < 1.29 is 38.8 Å². The summed E-state index contributed by atoms with van der Waals surface area (Å²) >= 11 is 0. The Kier molecular flexibility index (Phi) is 5.53. The van der Waals surface area contributed by atoms with Crippen molar-refractivity contribution in [2.45, 2.75) is 109 Å². The largest absolute Gasteiger partial charge is 0.459 e. The minimum absolute atomic E-state index is 0.00600. The zero-order chi connectivity index (χ0) is 27.6. The maximum atomic E-state index is 13.4. The molecule has 0 radical (unpaired) electrons. The Morgan fingerprint density at radius 2 is 1.89 bits per heavy atom. The van der Waals surface area contributed by atoms with Gasteiger partial charge in [-0.25, -0.2) is 4.79 Å². The summed E-state index contributed by atoms with van der Waals surface area (Å²) in [6.45, 7) is 11.0. The van der Waals surface area contributed by atoms with Gasteiger partial charge in [-0.2, -0.15) is 0 Å². The highest BCUT2D eigenvalue weighted by Gasteiger charge is 2.81. The molecule has 1 spiro atoms. The minimum atomic E-state index is -1.43. The lowest BCUT2D eigenvalue weighted by Gasteiger charge is -2.59. The van der Waals surface area contributed by atoms with Gasteiger partial charge in [-0.15, -0.1) is 0 Å². The van der Waals surface area contributed by atoms with Gasteiger partial charge in [-0.3, -0.25) is 9.59 Å². The Balaban J connectivity index is 1.39. The molecule has 2 heterocycles. The van der Waals surface area contributed by atoms with E-state index in [1.54, 1.807) is 13.0 Å². The van der Waals surface area contributed by atoms with Crippen LogP contribution in [-0.2, 0) is 28.6 Å². The summed E-state index contributed by atoms with van der Waals surface area (Å²) < 4.78 is 17.9. The van der Waals surface area contributed by atoms with Crippen LogP contribution in [0.25, 0.3) is 0 Å². The number of fused-ring (bicyclic) bond motifs is 4. The van der Waals surface area contributed by atoms with Gasteiger partial charge in [0.25, 0.3) is 0 Å². The quantitative estimate of drug-likeness (QED) is 0.423. The van der Waals surface area contributed by atoms with E-state index in [4.69, 9.17) is 14.2 Å². The summed E-state index contributed by atoms with van der Waals surface area (Å²) in [5.41, 5.74) is -2.24. The third-order valence-corrected chi connectivity index (χ3v) is 12.2. The molecule has 38 heavy (non-hydrogen) atoms. The average molecular weight is 529 g/mol. The van der Waals surface area contributed by atoms with Gasteiger partial charge in [0.2, 0.25) is 0 Å². The van der Waals surface area contributed by atoms with Crippen LogP contribution in [0.2, 0.25) is 0 Å². The molecule has 6 rings (SSSR count). The second-order valence-electron chi connectivity index (χ2n) is 13.3. The number of aliphatic hydroxyl groups excluding tert-OH is 1. The number of aliphatic hydroxyl groups is 2. The van der Waals surface area contributed by atoms with E-state index in [1.807, 2.05) is 20.8 Å². The van der Waals surface area contributed by atoms with Crippen LogP contribution in [0.3, 0.4) is 0 Å². The van der Waals surface area contributed by atoms with Crippen LogP contribution in [0.5, 0.6) is 0 Å². The van der Waals surface area contributed by atoms with E-state index in [2.05, 4.69) is 6.92 Å². The maximum Gasteiger partial charge on any atom is 0.333 e. The Morgan fingerprint density at radius 3 is 2.55 bits per heavy atom. The van der Waals surface area contributed by atoms with Gasteiger partial charge in [-0.05, 0) is 76.4 Å².